The van der Waals surface area contributed by atoms with Crippen molar-refractivity contribution >= 4 is 21.6 Å². The van der Waals surface area contributed by atoms with Crippen LogP contribution in [0.4, 0.5) is 13.2 Å². The molecule has 0 saturated carbocycles. The first-order valence-corrected chi connectivity index (χ1v) is 5.60. The van der Waals surface area contributed by atoms with Gasteiger partial charge in [-0.2, -0.15) is 13.2 Å². The van der Waals surface area contributed by atoms with Crippen molar-refractivity contribution in [1.82, 2.24) is 9.97 Å². The molecule has 0 amide bonds. The van der Waals surface area contributed by atoms with Crippen LogP contribution in [-0.2, 0) is 6.18 Å². The molecule has 2 rings (SSSR count). The number of hydrogen-bond acceptors (Lipinski definition) is 3. The maximum Gasteiger partial charge on any atom is 0.434 e. The van der Waals surface area contributed by atoms with Crippen LogP contribution in [0.25, 0.3) is 10.2 Å². The maximum atomic E-state index is 12.8. The molecule has 0 aliphatic rings. The first kappa shape index (κ1) is 11.3. The molecule has 0 bridgehead atoms. The van der Waals surface area contributed by atoms with Crippen molar-refractivity contribution in [2.75, 3.05) is 0 Å². The molecule has 0 spiro atoms. The van der Waals surface area contributed by atoms with Crippen LogP contribution in [0, 0.1) is 0 Å². The van der Waals surface area contributed by atoms with E-state index in [1.807, 2.05) is 0 Å². The second-order valence-electron chi connectivity index (χ2n) is 3.72. The van der Waals surface area contributed by atoms with Gasteiger partial charge in [-0.25, -0.2) is 9.97 Å². The smallest absolute Gasteiger partial charge is 0.227 e. The maximum absolute atomic E-state index is 12.8. The van der Waals surface area contributed by atoms with Gasteiger partial charge in [-0.1, -0.05) is 13.8 Å². The predicted octanol–water partition coefficient (Wildman–Crippen LogP) is 3.83. The van der Waals surface area contributed by atoms with Gasteiger partial charge < -0.3 is 0 Å². The van der Waals surface area contributed by atoms with Gasteiger partial charge in [-0.3, -0.25) is 0 Å². The third-order valence-corrected chi connectivity index (χ3v) is 2.93. The minimum Gasteiger partial charge on any atom is -0.227 e. The Morgan fingerprint density at radius 1 is 1.25 bits per heavy atom. The molecule has 0 N–H and O–H groups in total. The first-order valence-electron chi connectivity index (χ1n) is 4.72. The van der Waals surface area contributed by atoms with E-state index in [0.717, 1.165) is 0 Å². The number of fused-ring (bicyclic) bond motifs is 1. The fourth-order valence-electron chi connectivity index (χ4n) is 1.35. The molecule has 0 atom stereocenters. The molecule has 2 aromatic heterocycles. The fraction of sp³-hybridized carbons (Fsp3) is 0.400. The summed E-state index contributed by atoms with van der Waals surface area (Å²) in [5.41, 5.74) is -0.831. The second-order valence-corrected chi connectivity index (χ2v) is 4.62. The highest BCUT2D eigenvalue weighted by molar-refractivity contribution is 7.16. The lowest BCUT2D eigenvalue weighted by Crippen LogP contribution is -2.11. The van der Waals surface area contributed by atoms with Gasteiger partial charge in [0.15, 0.2) is 5.69 Å². The third kappa shape index (κ3) is 1.89. The Balaban J connectivity index is 2.74. The lowest BCUT2D eigenvalue weighted by molar-refractivity contribution is -0.140. The Hall–Kier alpha value is -1.17. The van der Waals surface area contributed by atoms with E-state index in [9.17, 15) is 13.2 Å². The molecular formula is C10H9F3N2S. The van der Waals surface area contributed by atoms with E-state index >= 15 is 0 Å². The number of thiophene rings is 1. The van der Waals surface area contributed by atoms with Crippen molar-refractivity contribution in [1.29, 1.82) is 0 Å². The van der Waals surface area contributed by atoms with E-state index < -0.39 is 11.9 Å². The van der Waals surface area contributed by atoms with Crippen LogP contribution in [0.5, 0.6) is 0 Å². The van der Waals surface area contributed by atoms with Crippen LogP contribution in [-0.4, -0.2) is 9.97 Å². The second kappa shape index (κ2) is 3.69. The number of alkyl halides is 3. The van der Waals surface area contributed by atoms with Crippen molar-refractivity contribution in [3.05, 3.63) is 23.0 Å². The number of nitrogens with zero attached hydrogens (tertiary/aromatic N) is 2. The molecule has 2 nitrogen and oxygen atoms in total. The Bertz CT molecular complexity index is 516. The van der Waals surface area contributed by atoms with Crippen LogP contribution in [0.3, 0.4) is 0 Å². The van der Waals surface area contributed by atoms with Gasteiger partial charge in [0.05, 0.1) is 0 Å². The highest BCUT2D eigenvalue weighted by Gasteiger charge is 2.35. The van der Waals surface area contributed by atoms with Crippen molar-refractivity contribution < 1.29 is 13.2 Å². The van der Waals surface area contributed by atoms with Crippen LogP contribution in [0.2, 0.25) is 0 Å². The summed E-state index contributed by atoms with van der Waals surface area (Å²) in [6.45, 7) is 3.55. The number of halogens is 3. The molecule has 6 heteroatoms. The first-order chi connectivity index (χ1) is 7.39. The summed E-state index contributed by atoms with van der Waals surface area (Å²) in [4.78, 5) is 8.13. The number of hydrogen-bond donors (Lipinski definition) is 0. The van der Waals surface area contributed by atoms with E-state index in [1.165, 1.54) is 17.4 Å². The van der Waals surface area contributed by atoms with Gasteiger partial charge in [0.25, 0.3) is 0 Å². The summed E-state index contributed by atoms with van der Waals surface area (Å²) >= 11 is 1.20. The molecule has 2 heterocycles. The van der Waals surface area contributed by atoms with Crippen molar-refractivity contribution in [2.45, 2.75) is 25.9 Å². The minimum atomic E-state index is -4.42. The van der Waals surface area contributed by atoms with Crippen LogP contribution in [0.15, 0.2) is 11.4 Å². The minimum absolute atomic E-state index is 0.0851. The van der Waals surface area contributed by atoms with Crippen LogP contribution >= 0.6 is 11.3 Å². The zero-order chi connectivity index (χ0) is 11.9. The lowest BCUT2D eigenvalue weighted by atomic mass is 10.2. The van der Waals surface area contributed by atoms with E-state index in [-0.39, 0.29) is 17.1 Å². The molecule has 0 radical (unpaired) electrons. The van der Waals surface area contributed by atoms with E-state index in [0.29, 0.717) is 4.83 Å². The van der Waals surface area contributed by atoms with Crippen molar-refractivity contribution in [3.8, 4) is 0 Å². The molecule has 86 valence electrons. The largest absolute Gasteiger partial charge is 0.434 e. The molecule has 0 aliphatic heterocycles. The quantitative estimate of drug-likeness (QED) is 0.764. The van der Waals surface area contributed by atoms with Gasteiger partial charge in [0.2, 0.25) is 0 Å². The van der Waals surface area contributed by atoms with Gasteiger partial charge in [0.1, 0.15) is 10.7 Å². The zero-order valence-corrected chi connectivity index (χ0v) is 9.49. The van der Waals surface area contributed by atoms with Gasteiger partial charge in [-0.05, 0) is 11.4 Å². The summed E-state index contributed by atoms with van der Waals surface area (Å²) in [6, 6.07) is 1.41. The number of rotatable bonds is 1. The lowest BCUT2D eigenvalue weighted by Gasteiger charge is -2.10. The summed E-state index contributed by atoms with van der Waals surface area (Å²) in [5.74, 6) is 0.120. The Kier molecular flexibility index (Phi) is 2.61. The Morgan fingerprint density at radius 3 is 2.50 bits per heavy atom. The molecule has 0 unspecified atom stereocenters. The molecular weight excluding hydrogens is 237 g/mol. The Labute approximate surface area is 94.1 Å². The van der Waals surface area contributed by atoms with Crippen molar-refractivity contribution in [3.63, 3.8) is 0 Å². The molecule has 0 fully saturated rings. The van der Waals surface area contributed by atoms with E-state index in [4.69, 9.17) is 0 Å². The van der Waals surface area contributed by atoms with E-state index in [2.05, 4.69) is 9.97 Å². The molecule has 0 aromatic carbocycles. The average molecular weight is 246 g/mol. The van der Waals surface area contributed by atoms with Crippen LogP contribution < -0.4 is 0 Å². The van der Waals surface area contributed by atoms with Gasteiger partial charge >= 0.3 is 6.18 Å². The topological polar surface area (TPSA) is 25.8 Å². The molecule has 0 saturated heterocycles. The molecule has 0 aliphatic carbocycles. The van der Waals surface area contributed by atoms with E-state index in [1.54, 1.807) is 19.2 Å². The molecule has 2 aromatic rings. The zero-order valence-electron chi connectivity index (χ0n) is 8.67. The summed E-state index contributed by atoms with van der Waals surface area (Å²) in [6.07, 6.45) is -4.42. The van der Waals surface area contributed by atoms with Gasteiger partial charge in [-0.15, -0.1) is 11.3 Å². The third-order valence-electron chi connectivity index (χ3n) is 2.13. The van der Waals surface area contributed by atoms with Crippen molar-refractivity contribution in [2.24, 2.45) is 0 Å². The predicted molar refractivity (Wildman–Crippen MR) is 56.5 cm³/mol. The number of aromatic nitrogens is 2. The highest BCUT2D eigenvalue weighted by atomic mass is 32.1. The monoisotopic (exact) mass is 246 g/mol. The Morgan fingerprint density at radius 2 is 1.94 bits per heavy atom. The fourth-order valence-corrected chi connectivity index (χ4v) is 2.12. The highest BCUT2D eigenvalue weighted by Crippen LogP contribution is 2.35. The normalized spacial score (nSPS) is 12.6. The molecule has 16 heavy (non-hydrogen) atoms. The SMILES string of the molecule is CC(C)c1nc(C(F)(F)F)c2ccsc2n1. The summed E-state index contributed by atoms with van der Waals surface area (Å²) in [5, 5.41) is 1.68. The summed E-state index contributed by atoms with van der Waals surface area (Å²) < 4.78 is 38.3. The van der Waals surface area contributed by atoms with Gasteiger partial charge in [0, 0.05) is 11.3 Å². The van der Waals surface area contributed by atoms with Crippen LogP contribution in [0.1, 0.15) is 31.3 Å². The average Bonchev–Trinajstić information content (AvgIpc) is 2.61. The summed E-state index contributed by atoms with van der Waals surface area (Å²) in [7, 11) is 0. The standard InChI is InChI=1S/C10H9F3N2S/c1-5(2)8-14-7(10(11,12)13)6-3-4-16-9(6)15-8/h3-5H,1-2H3.